The quantitative estimate of drug-likeness (QED) is 0.131. The van der Waals surface area contributed by atoms with Gasteiger partial charge in [-0.3, -0.25) is 4.79 Å². The number of ether oxygens (including phenoxy) is 1. The number of pyridine rings is 1. The first-order valence-electron chi connectivity index (χ1n) is 11.8. The van der Waals surface area contributed by atoms with Crippen LogP contribution in [0.4, 0.5) is 23.2 Å². The molecule has 1 aromatic carbocycles. The van der Waals surface area contributed by atoms with Crippen LogP contribution in [-0.2, 0) is 30.3 Å². The Morgan fingerprint density at radius 2 is 1.80 bits per heavy atom. The summed E-state index contributed by atoms with van der Waals surface area (Å²) in [5, 5.41) is 4.13. The molecule has 0 saturated carbocycles. The number of carbonyl (C=O) groups is 4. The summed E-state index contributed by atoms with van der Waals surface area (Å²) < 4.78 is 60.0. The SMILES string of the molecule is CCOC(=O)/C=C/[C@H](CCC(=O)[NH][Tl])NC(=O)[C@H](Cc1ccc(F)cc1)n1cccc(NC(=O)C(F)(F)F)c1=O. The predicted octanol–water partition coefficient (Wildman–Crippen LogP) is 1.86. The zero-order valence-corrected chi connectivity index (χ0v) is 25.7. The minimum atomic E-state index is -5.26. The standard InChI is InChI=1S/C25H26F4N4O6.Tl/c1-2-39-21(35)12-10-17(9-11-20(30)34)31-22(36)19(14-15-5-7-16(26)8-6-15)33-13-3-4-18(23(33)37)32-24(38)25(27,28)29;/h3-8,10,12-13,17,19H,2,9,11,14H2,1H3,(H4,30,31,32,34,36,38);/q;+1/p-1/b12-10+;/t17-,19-;/m0./s1. The molecule has 0 bridgehead atoms. The first-order chi connectivity index (χ1) is 18.8. The number of benzene rings is 1. The summed E-state index contributed by atoms with van der Waals surface area (Å²) in [4.78, 5) is 61.6. The number of nitrogens with zero attached hydrogens (tertiary/aromatic N) is 1. The number of carbonyl (C=O) groups excluding carboxylic acids is 4. The molecule has 2 rings (SSSR count). The van der Waals surface area contributed by atoms with Crippen molar-refractivity contribution in [2.24, 2.45) is 0 Å². The summed E-state index contributed by atoms with van der Waals surface area (Å²) in [5.74, 6) is -4.69. The molecular formula is C25H25F4N4O6Tl. The molecule has 1 aromatic heterocycles. The monoisotopic (exact) mass is 758 g/mol. The maximum absolute atomic E-state index is 13.5. The van der Waals surface area contributed by atoms with Crippen LogP contribution < -0.4 is 19.3 Å². The molecule has 15 heteroatoms. The number of alkyl halides is 3. The van der Waals surface area contributed by atoms with E-state index in [1.807, 2.05) is 0 Å². The zero-order chi connectivity index (χ0) is 29.9. The summed E-state index contributed by atoms with van der Waals surface area (Å²) in [6, 6.07) is 4.86. The van der Waals surface area contributed by atoms with E-state index in [9.17, 15) is 41.5 Å². The van der Waals surface area contributed by atoms with Gasteiger partial charge >= 0.3 is 215 Å². The fourth-order valence-corrected chi connectivity index (χ4v) is 4.01. The molecule has 0 saturated heterocycles. The number of hydrogen-bond acceptors (Lipinski definition) is 6. The Labute approximate surface area is 242 Å². The molecule has 3 N–H and O–H groups in total. The van der Waals surface area contributed by atoms with Crippen molar-refractivity contribution in [1.29, 1.82) is 0 Å². The van der Waals surface area contributed by atoms with Gasteiger partial charge in [-0.05, 0) is 0 Å². The van der Waals surface area contributed by atoms with Gasteiger partial charge in [0.1, 0.15) is 5.82 Å². The topological polar surface area (TPSA) is 136 Å². The molecule has 1 heterocycles. The average Bonchev–Trinajstić information content (AvgIpc) is 2.90. The van der Waals surface area contributed by atoms with Crippen molar-refractivity contribution in [3.8, 4) is 0 Å². The van der Waals surface area contributed by atoms with Crippen molar-refractivity contribution < 1.29 is 41.5 Å². The third-order valence-electron chi connectivity index (χ3n) is 5.38. The van der Waals surface area contributed by atoms with Gasteiger partial charge in [-0.1, -0.05) is 0 Å². The van der Waals surface area contributed by atoms with E-state index in [0.717, 1.165) is 35.0 Å². The fourth-order valence-electron chi connectivity index (χ4n) is 3.44. The van der Waals surface area contributed by atoms with E-state index in [1.54, 1.807) is 6.92 Å². The average molecular weight is 758 g/mol. The van der Waals surface area contributed by atoms with E-state index in [4.69, 9.17) is 4.74 Å². The normalized spacial score (nSPS) is 12.8. The summed E-state index contributed by atoms with van der Waals surface area (Å²) in [6.07, 6.45) is -1.85. The summed E-state index contributed by atoms with van der Waals surface area (Å²) >= 11 is 0.192. The van der Waals surface area contributed by atoms with Crippen molar-refractivity contribution in [2.75, 3.05) is 11.9 Å². The van der Waals surface area contributed by atoms with E-state index in [0.29, 0.717) is 5.56 Å². The first-order valence-corrected chi connectivity index (χ1v) is 14.1. The molecule has 40 heavy (non-hydrogen) atoms. The summed E-state index contributed by atoms with van der Waals surface area (Å²) in [5.41, 5.74) is -1.41. The number of hydrogen-bond donors (Lipinski definition) is 3. The van der Waals surface area contributed by atoms with Crippen LogP contribution in [0.25, 0.3) is 0 Å². The molecule has 10 nitrogen and oxygen atoms in total. The molecule has 0 aliphatic carbocycles. The van der Waals surface area contributed by atoms with E-state index in [-0.39, 0.29) is 57.8 Å². The maximum atomic E-state index is 13.5. The van der Waals surface area contributed by atoms with Gasteiger partial charge in [0.2, 0.25) is 0 Å². The van der Waals surface area contributed by atoms with E-state index >= 15 is 0 Å². The van der Waals surface area contributed by atoms with Gasteiger partial charge in [-0.25, -0.2) is 4.39 Å². The van der Waals surface area contributed by atoms with Crippen LogP contribution in [0.5, 0.6) is 0 Å². The second-order valence-corrected chi connectivity index (χ2v) is 9.39. The molecule has 0 fully saturated rings. The van der Waals surface area contributed by atoms with Gasteiger partial charge in [-0.15, -0.1) is 0 Å². The van der Waals surface area contributed by atoms with Gasteiger partial charge in [0.25, 0.3) is 0 Å². The molecule has 0 spiro atoms. The summed E-state index contributed by atoms with van der Waals surface area (Å²) in [7, 11) is 0. The van der Waals surface area contributed by atoms with Gasteiger partial charge < -0.3 is 0 Å². The predicted molar refractivity (Wildman–Crippen MR) is 135 cm³/mol. The van der Waals surface area contributed by atoms with Crippen molar-refractivity contribution >= 4 is 55.4 Å². The Morgan fingerprint density at radius 3 is 2.40 bits per heavy atom. The van der Waals surface area contributed by atoms with Crippen molar-refractivity contribution in [3.05, 3.63) is 76.5 Å². The number of nitrogens with one attached hydrogen (secondary N) is 3. The van der Waals surface area contributed by atoms with Crippen LogP contribution in [-0.4, -0.2) is 73.1 Å². The number of esters is 1. The minimum absolute atomic E-state index is 0.00382. The summed E-state index contributed by atoms with van der Waals surface area (Å²) in [6.45, 7) is 1.71. The Hall–Kier alpha value is -3.57. The number of aromatic nitrogens is 1. The van der Waals surface area contributed by atoms with Gasteiger partial charge in [0.05, 0.1) is 0 Å². The van der Waals surface area contributed by atoms with E-state index in [1.165, 1.54) is 29.6 Å². The fraction of sp³-hybridized carbons (Fsp3) is 0.320. The molecule has 2 atom stereocenters. The molecule has 0 aliphatic heterocycles. The van der Waals surface area contributed by atoms with E-state index in [2.05, 4.69) is 8.44 Å². The van der Waals surface area contributed by atoms with Gasteiger partial charge in [-0.2, -0.15) is 13.2 Å². The number of anilines is 1. The second kappa shape index (κ2) is 15.3. The van der Waals surface area contributed by atoms with Crippen LogP contribution in [0.3, 0.4) is 0 Å². The second-order valence-electron chi connectivity index (χ2n) is 8.26. The molecular weight excluding hydrogens is 733 g/mol. The van der Waals surface area contributed by atoms with Crippen LogP contribution in [0.2, 0.25) is 0 Å². The molecule has 0 unspecified atom stereocenters. The molecule has 0 aliphatic rings. The zero-order valence-electron chi connectivity index (χ0n) is 21.2. The van der Waals surface area contributed by atoms with Crippen LogP contribution >= 0.6 is 0 Å². The molecule has 3 amide bonds. The van der Waals surface area contributed by atoms with Crippen LogP contribution in [0, 0.1) is 5.82 Å². The van der Waals surface area contributed by atoms with E-state index < -0.39 is 53.1 Å². The van der Waals surface area contributed by atoms with Crippen molar-refractivity contribution in [1.82, 2.24) is 13.0 Å². The Balaban J connectivity index is 2.46. The molecule has 0 radical (unpaired) electrons. The molecule has 2 aromatic rings. The molecule has 212 valence electrons. The van der Waals surface area contributed by atoms with Gasteiger partial charge in [0, 0.05) is 0 Å². The Morgan fingerprint density at radius 1 is 1.12 bits per heavy atom. The third-order valence-corrected chi connectivity index (χ3v) is 6.63. The Bertz CT molecular complexity index is 1300. The number of rotatable bonds is 12. The number of amides is 3. The third kappa shape index (κ3) is 10.2. The Kier molecular flexibility index (Phi) is 12.5. The van der Waals surface area contributed by atoms with Gasteiger partial charge in [0.15, 0.2) is 0 Å². The number of halogens is 4. The van der Waals surface area contributed by atoms with Crippen molar-refractivity contribution in [3.63, 3.8) is 0 Å². The first kappa shape index (κ1) is 32.6. The van der Waals surface area contributed by atoms with Crippen molar-refractivity contribution in [2.45, 2.75) is 44.4 Å². The van der Waals surface area contributed by atoms with Crippen LogP contribution in [0.15, 0.2) is 59.5 Å². The van der Waals surface area contributed by atoms with Crippen LogP contribution in [0.1, 0.15) is 31.4 Å².